The third-order valence-electron chi connectivity index (χ3n) is 5.45. The van der Waals surface area contributed by atoms with E-state index in [0.29, 0.717) is 29.3 Å². The predicted molar refractivity (Wildman–Crippen MR) is 120 cm³/mol. The normalized spacial score (nSPS) is 11.6. The van der Waals surface area contributed by atoms with Gasteiger partial charge in [0.05, 0.1) is 5.56 Å². The van der Waals surface area contributed by atoms with E-state index in [2.05, 4.69) is 25.6 Å². The Morgan fingerprint density at radius 2 is 1.38 bits per heavy atom. The number of benzene rings is 3. The van der Waals surface area contributed by atoms with Gasteiger partial charge in [-0.3, -0.25) is 0 Å². The zero-order chi connectivity index (χ0) is 23.7. The van der Waals surface area contributed by atoms with Crippen molar-refractivity contribution >= 4 is 0 Å². The number of H-pyrrole nitrogens is 1. The van der Waals surface area contributed by atoms with Crippen LogP contribution in [0.25, 0.3) is 33.8 Å². The molecule has 0 saturated heterocycles. The zero-order valence-electron chi connectivity index (χ0n) is 18.0. The number of aromatic nitrogens is 5. The van der Waals surface area contributed by atoms with Crippen LogP contribution in [0, 0.1) is 6.92 Å². The number of alkyl halides is 3. The minimum atomic E-state index is -4.38. The second-order valence-electron chi connectivity index (χ2n) is 7.78. The van der Waals surface area contributed by atoms with Crippen molar-refractivity contribution in [3.05, 3.63) is 95.5 Å². The van der Waals surface area contributed by atoms with Gasteiger partial charge in [-0.25, -0.2) is 4.98 Å². The molecule has 9 heteroatoms. The molecule has 2 heterocycles. The molecule has 0 amide bonds. The third kappa shape index (κ3) is 4.45. The Bertz CT molecular complexity index is 1390. The first-order chi connectivity index (χ1) is 16.4. The van der Waals surface area contributed by atoms with Crippen molar-refractivity contribution in [1.29, 1.82) is 0 Å². The van der Waals surface area contributed by atoms with Crippen molar-refractivity contribution in [2.45, 2.75) is 19.5 Å². The predicted octanol–water partition coefficient (Wildman–Crippen LogP) is 6.11. The van der Waals surface area contributed by atoms with Crippen LogP contribution in [0.5, 0.6) is 0 Å². The molecule has 0 spiro atoms. The van der Waals surface area contributed by atoms with E-state index in [-0.39, 0.29) is 5.89 Å². The second kappa shape index (κ2) is 8.58. The first kappa shape index (κ1) is 21.6. The molecule has 0 saturated carbocycles. The van der Waals surface area contributed by atoms with Gasteiger partial charge in [-0.15, -0.1) is 10.2 Å². The van der Waals surface area contributed by atoms with Crippen LogP contribution in [0.3, 0.4) is 0 Å². The fraction of sp³-hybridized carbons (Fsp3) is 0.120. The molecule has 2 aromatic heterocycles. The summed E-state index contributed by atoms with van der Waals surface area (Å²) in [5.41, 5.74) is 4.47. The lowest BCUT2D eigenvalue weighted by atomic mass is 10.0. The quantitative estimate of drug-likeness (QED) is 0.342. The van der Waals surface area contributed by atoms with Crippen LogP contribution in [-0.4, -0.2) is 25.6 Å². The topological polar surface area (TPSA) is 80.5 Å². The Morgan fingerprint density at radius 1 is 0.794 bits per heavy atom. The second-order valence-corrected chi connectivity index (χ2v) is 7.78. The number of tetrazole rings is 1. The standard InChI is InChI=1S/C25H18F3N5O/c1-15-23(29-24(34-15)20-10-12-21(13-11-20)25(26,27)28)19-8-6-18(7-9-19)17-4-2-16(3-5-17)14-22-30-32-33-31-22/h2-13H,14H2,1H3,(H,30,31,32,33). The Kier molecular flexibility index (Phi) is 5.45. The van der Waals surface area contributed by atoms with Gasteiger partial charge in [0.1, 0.15) is 11.5 Å². The molecule has 0 aliphatic heterocycles. The molecular weight excluding hydrogens is 443 g/mol. The number of hydrogen-bond acceptors (Lipinski definition) is 5. The Balaban J connectivity index is 1.34. The van der Waals surface area contributed by atoms with E-state index in [1.807, 2.05) is 48.5 Å². The van der Waals surface area contributed by atoms with Gasteiger partial charge in [-0.05, 0) is 47.9 Å². The third-order valence-corrected chi connectivity index (χ3v) is 5.45. The van der Waals surface area contributed by atoms with Crippen molar-refractivity contribution in [3.63, 3.8) is 0 Å². The first-order valence-corrected chi connectivity index (χ1v) is 10.4. The number of oxazole rings is 1. The number of aryl methyl sites for hydroxylation is 1. The van der Waals surface area contributed by atoms with E-state index < -0.39 is 11.7 Å². The highest BCUT2D eigenvalue weighted by Gasteiger charge is 2.30. The van der Waals surface area contributed by atoms with Crippen molar-refractivity contribution in [1.82, 2.24) is 25.6 Å². The van der Waals surface area contributed by atoms with Gasteiger partial charge < -0.3 is 4.42 Å². The summed E-state index contributed by atoms with van der Waals surface area (Å²) in [5, 5.41) is 13.9. The van der Waals surface area contributed by atoms with Crippen LogP contribution in [-0.2, 0) is 12.6 Å². The van der Waals surface area contributed by atoms with Crippen LogP contribution >= 0.6 is 0 Å². The van der Waals surface area contributed by atoms with Crippen LogP contribution in [0.15, 0.2) is 77.2 Å². The number of aromatic amines is 1. The molecule has 34 heavy (non-hydrogen) atoms. The highest BCUT2D eigenvalue weighted by molar-refractivity contribution is 5.71. The molecule has 1 N–H and O–H groups in total. The van der Waals surface area contributed by atoms with Crippen molar-refractivity contribution in [2.24, 2.45) is 0 Å². The van der Waals surface area contributed by atoms with E-state index >= 15 is 0 Å². The van der Waals surface area contributed by atoms with E-state index in [0.717, 1.165) is 34.4 Å². The average Bonchev–Trinajstić information content (AvgIpc) is 3.49. The summed E-state index contributed by atoms with van der Waals surface area (Å²) in [4.78, 5) is 4.52. The Hall–Kier alpha value is -4.27. The van der Waals surface area contributed by atoms with Crippen molar-refractivity contribution in [3.8, 4) is 33.8 Å². The molecule has 0 radical (unpaired) electrons. The SMILES string of the molecule is Cc1oc(-c2ccc(C(F)(F)F)cc2)nc1-c1ccc(-c2ccc(Cc3nn[nH]n3)cc2)cc1. The molecule has 3 aromatic carbocycles. The fourth-order valence-electron chi connectivity index (χ4n) is 3.67. The van der Waals surface area contributed by atoms with Gasteiger partial charge in [-0.2, -0.15) is 18.4 Å². The summed E-state index contributed by atoms with van der Waals surface area (Å²) in [6.07, 6.45) is -3.78. The average molecular weight is 461 g/mol. The molecule has 0 aliphatic rings. The Morgan fingerprint density at radius 3 is 1.97 bits per heavy atom. The fourth-order valence-corrected chi connectivity index (χ4v) is 3.67. The highest BCUT2D eigenvalue weighted by atomic mass is 19.4. The van der Waals surface area contributed by atoms with E-state index in [1.165, 1.54) is 12.1 Å². The smallest absolute Gasteiger partial charge is 0.416 e. The van der Waals surface area contributed by atoms with Crippen LogP contribution in [0.2, 0.25) is 0 Å². The maximum absolute atomic E-state index is 12.8. The lowest BCUT2D eigenvalue weighted by Gasteiger charge is -2.06. The molecule has 6 nitrogen and oxygen atoms in total. The van der Waals surface area contributed by atoms with Gasteiger partial charge in [-0.1, -0.05) is 53.7 Å². The van der Waals surface area contributed by atoms with Crippen LogP contribution in [0.1, 0.15) is 22.7 Å². The number of hydrogen-bond donors (Lipinski definition) is 1. The Labute approximate surface area is 192 Å². The lowest BCUT2D eigenvalue weighted by molar-refractivity contribution is -0.137. The van der Waals surface area contributed by atoms with Crippen LogP contribution < -0.4 is 0 Å². The largest absolute Gasteiger partial charge is 0.441 e. The summed E-state index contributed by atoms with van der Waals surface area (Å²) >= 11 is 0. The summed E-state index contributed by atoms with van der Waals surface area (Å²) < 4.78 is 44.2. The minimum absolute atomic E-state index is 0.280. The molecule has 0 unspecified atom stereocenters. The van der Waals surface area contributed by atoms with Gasteiger partial charge in [0.2, 0.25) is 5.89 Å². The number of nitrogens with one attached hydrogen (secondary N) is 1. The van der Waals surface area contributed by atoms with Crippen LogP contribution in [0.4, 0.5) is 13.2 Å². The molecular formula is C25H18F3N5O. The summed E-state index contributed by atoms with van der Waals surface area (Å²) in [6, 6.07) is 20.8. The summed E-state index contributed by atoms with van der Waals surface area (Å²) in [6.45, 7) is 1.78. The number of halogens is 3. The molecule has 0 bridgehead atoms. The molecule has 0 atom stereocenters. The lowest BCUT2D eigenvalue weighted by Crippen LogP contribution is -2.03. The van der Waals surface area contributed by atoms with Gasteiger partial charge in [0, 0.05) is 17.5 Å². The highest BCUT2D eigenvalue weighted by Crippen LogP contribution is 2.33. The zero-order valence-corrected chi connectivity index (χ0v) is 18.0. The summed E-state index contributed by atoms with van der Waals surface area (Å²) in [5.74, 6) is 1.51. The van der Waals surface area contributed by atoms with Crippen molar-refractivity contribution in [2.75, 3.05) is 0 Å². The monoisotopic (exact) mass is 461 g/mol. The van der Waals surface area contributed by atoms with E-state index in [9.17, 15) is 13.2 Å². The maximum atomic E-state index is 12.8. The van der Waals surface area contributed by atoms with E-state index in [1.54, 1.807) is 6.92 Å². The summed E-state index contributed by atoms with van der Waals surface area (Å²) in [7, 11) is 0. The molecule has 0 aliphatic carbocycles. The van der Waals surface area contributed by atoms with Crippen molar-refractivity contribution < 1.29 is 17.6 Å². The molecule has 0 fully saturated rings. The number of rotatable bonds is 5. The van der Waals surface area contributed by atoms with Gasteiger partial charge in [0.15, 0.2) is 5.82 Å². The maximum Gasteiger partial charge on any atom is 0.416 e. The first-order valence-electron chi connectivity index (χ1n) is 10.4. The van der Waals surface area contributed by atoms with E-state index in [4.69, 9.17) is 4.42 Å². The van der Waals surface area contributed by atoms with Gasteiger partial charge in [0.25, 0.3) is 0 Å². The number of nitrogens with zero attached hydrogens (tertiary/aromatic N) is 4. The van der Waals surface area contributed by atoms with Gasteiger partial charge >= 0.3 is 6.18 Å². The molecule has 170 valence electrons. The minimum Gasteiger partial charge on any atom is -0.441 e. The molecule has 5 aromatic rings. The molecule has 5 rings (SSSR count).